The van der Waals surface area contributed by atoms with Gasteiger partial charge in [0.05, 0.1) is 11.1 Å². The summed E-state index contributed by atoms with van der Waals surface area (Å²) in [4.78, 5) is 12.0. The van der Waals surface area contributed by atoms with Crippen molar-refractivity contribution in [2.75, 3.05) is 6.54 Å². The van der Waals surface area contributed by atoms with E-state index < -0.39 is 6.10 Å². The summed E-state index contributed by atoms with van der Waals surface area (Å²) in [6.07, 6.45) is 2.83. The molecular weight excluding hydrogens is 252 g/mol. The van der Waals surface area contributed by atoms with Gasteiger partial charge in [-0.15, -0.1) is 0 Å². The third kappa shape index (κ3) is 4.03. The van der Waals surface area contributed by atoms with E-state index in [1.807, 2.05) is 25.3 Å². The highest BCUT2D eigenvalue weighted by molar-refractivity contribution is 6.31. The number of rotatable bonds is 6. The molecule has 1 atom stereocenters. The van der Waals surface area contributed by atoms with Gasteiger partial charge in [-0.1, -0.05) is 24.9 Å². The van der Waals surface area contributed by atoms with Gasteiger partial charge in [-0.2, -0.15) is 0 Å². The lowest BCUT2D eigenvalue weighted by Gasteiger charge is -2.14. The Labute approximate surface area is 113 Å². The van der Waals surface area contributed by atoms with E-state index in [1.54, 1.807) is 12.3 Å². The van der Waals surface area contributed by atoms with Crippen molar-refractivity contribution in [2.24, 2.45) is 0 Å². The van der Waals surface area contributed by atoms with Gasteiger partial charge in [0.2, 0.25) is 0 Å². The van der Waals surface area contributed by atoms with Crippen LogP contribution < -0.4 is 5.32 Å². The van der Waals surface area contributed by atoms with Crippen LogP contribution in [0.15, 0.2) is 12.3 Å². The molecular formula is C13H21ClN2O2. The van der Waals surface area contributed by atoms with Crippen LogP contribution in [-0.2, 0) is 0 Å². The number of aliphatic hydroxyl groups is 1. The fourth-order valence-electron chi connectivity index (χ4n) is 1.79. The number of amides is 1. The Morgan fingerprint density at radius 1 is 1.56 bits per heavy atom. The Kier molecular flexibility index (Phi) is 5.69. The highest BCUT2D eigenvalue weighted by Crippen LogP contribution is 2.18. The first kappa shape index (κ1) is 15.1. The largest absolute Gasteiger partial charge is 0.391 e. The number of carbonyl (C=O) groups excluding carboxylic acids is 1. The molecule has 0 aliphatic carbocycles. The molecule has 0 aromatic carbocycles. The summed E-state index contributed by atoms with van der Waals surface area (Å²) in [7, 11) is 0. The first-order valence-electron chi connectivity index (χ1n) is 6.29. The van der Waals surface area contributed by atoms with Gasteiger partial charge in [0, 0.05) is 18.8 Å². The Morgan fingerprint density at radius 3 is 2.78 bits per heavy atom. The van der Waals surface area contributed by atoms with E-state index in [2.05, 4.69) is 5.32 Å². The van der Waals surface area contributed by atoms with E-state index in [0.717, 1.165) is 6.42 Å². The summed E-state index contributed by atoms with van der Waals surface area (Å²) < 4.78 is 1.82. The molecule has 18 heavy (non-hydrogen) atoms. The maximum Gasteiger partial charge on any atom is 0.268 e. The third-order valence-electron chi connectivity index (χ3n) is 2.72. The van der Waals surface area contributed by atoms with Gasteiger partial charge in [0.15, 0.2) is 0 Å². The summed E-state index contributed by atoms with van der Waals surface area (Å²) in [5.41, 5.74) is 0.527. The summed E-state index contributed by atoms with van der Waals surface area (Å²) in [5, 5.41) is 12.8. The minimum absolute atomic E-state index is 0.166. The van der Waals surface area contributed by atoms with Crippen molar-refractivity contribution in [3.63, 3.8) is 0 Å². The Morgan fingerprint density at radius 2 is 2.22 bits per heavy atom. The second-order valence-corrected chi connectivity index (χ2v) is 5.13. The van der Waals surface area contributed by atoms with Crippen molar-refractivity contribution in [1.29, 1.82) is 0 Å². The van der Waals surface area contributed by atoms with Gasteiger partial charge < -0.3 is 15.0 Å². The number of halogens is 1. The zero-order valence-corrected chi connectivity index (χ0v) is 11.9. The zero-order chi connectivity index (χ0) is 13.7. The van der Waals surface area contributed by atoms with E-state index >= 15 is 0 Å². The fourth-order valence-corrected chi connectivity index (χ4v) is 2.00. The molecule has 1 amide bonds. The molecule has 5 heteroatoms. The maximum absolute atomic E-state index is 12.0. The molecule has 0 aliphatic rings. The number of nitrogens with one attached hydrogen (secondary N) is 1. The highest BCUT2D eigenvalue weighted by Gasteiger charge is 2.15. The van der Waals surface area contributed by atoms with Crippen LogP contribution in [0.3, 0.4) is 0 Å². The minimum Gasteiger partial charge on any atom is -0.391 e. The van der Waals surface area contributed by atoms with Crippen molar-refractivity contribution in [3.8, 4) is 0 Å². The molecule has 0 bridgehead atoms. The van der Waals surface area contributed by atoms with Crippen LogP contribution in [0.4, 0.5) is 0 Å². The minimum atomic E-state index is -0.489. The monoisotopic (exact) mass is 272 g/mol. The molecule has 4 nitrogen and oxygen atoms in total. The first-order valence-corrected chi connectivity index (χ1v) is 6.67. The smallest absolute Gasteiger partial charge is 0.268 e. The molecule has 0 spiro atoms. The first-order chi connectivity index (χ1) is 8.45. The molecule has 102 valence electrons. The summed E-state index contributed by atoms with van der Waals surface area (Å²) in [6.45, 7) is 6.24. The third-order valence-corrected chi connectivity index (χ3v) is 2.93. The summed E-state index contributed by atoms with van der Waals surface area (Å²) in [5.74, 6) is -0.203. The van der Waals surface area contributed by atoms with Crippen molar-refractivity contribution in [3.05, 3.63) is 23.0 Å². The van der Waals surface area contributed by atoms with Crippen molar-refractivity contribution in [2.45, 2.75) is 45.8 Å². The van der Waals surface area contributed by atoms with E-state index in [1.165, 1.54) is 0 Å². The average molecular weight is 273 g/mol. The molecule has 0 radical (unpaired) electrons. The van der Waals surface area contributed by atoms with Crippen LogP contribution in [-0.4, -0.2) is 28.2 Å². The van der Waals surface area contributed by atoms with E-state index in [4.69, 9.17) is 11.6 Å². The van der Waals surface area contributed by atoms with Crippen molar-refractivity contribution >= 4 is 17.5 Å². The van der Waals surface area contributed by atoms with Gasteiger partial charge in [-0.05, 0) is 26.3 Å². The standard InChI is InChI=1S/C13H21ClN2O2/c1-4-5-11(17)7-15-13(18)12-6-10(14)8-16(12)9(2)3/h6,8-9,11,17H,4-5,7H2,1-3H3,(H,15,18). The van der Waals surface area contributed by atoms with E-state index in [0.29, 0.717) is 17.1 Å². The van der Waals surface area contributed by atoms with Gasteiger partial charge in [-0.25, -0.2) is 0 Å². The average Bonchev–Trinajstić information content (AvgIpc) is 2.69. The van der Waals surface area contributed by atoms with Crippen LogP contribution in [0, 0.1) is 0 Å². The summed E-state index contributed by atoms with van der Waals surface area (Å²) >= 11 is 5.92. The molecule has 2 N–H and O–H groups in total. The number of aromatic nitrogens is 1. The zero-order valence-electron chi connectivity index (χ0n) is 11.1. The molecule has 0 saturated carbocycles. The molecule has 1 unspecified atom stereocenters. The predicted octanol–water partition coefficient (Wildman–Crippen LogP) is 2.61. The predicted molar refractivity (Wildman–Crippen MR) is 73.1 cm³/mol. The van der Waals surface area contributed by atoms with Crippen molar-refractivity contribution < 1.29 is 9.90 Å². The molecule has 1 heterocycles. The lowest BCUT2D eigenvalue weighted by molar-refractivity contribution is 0.0899. The lowest BCUT2D eigenvalue weighted by atomic mass is 10.2. The van der Waals surface area contributed by atoms with Gasteiger partial charge in [0.25, 0.3) is 5.91 Å². The Bertz CT molecular complexity index is 402. The van der Waals surface area contributed by atoms with Crippen LogP contribution in [0.2, 0.25) is 5.02 Å². The van der Waals surface area contributed by atoms with Gasteiger partial charge in [-0.3, -0.25) is 4.79 Å². The Balaban J connectivity index is 2.66. The van der Waals surface area contributed by atoms with Crippen LogP contribution in [0.25, 0.3) is 0 Å². The van der Waals surface area contributed by atoms with Crippen LogP contribution in [0.5, 0.6) is 0 Å². The number of nitrogens with zero attached hydrogens (tertiary/aromatic N) is 1. The molecule has 1 aromatic heterocycles. The number of hydrogen-bond acceptors (Lipinski definition) is 2. The molecule has 0 aliphatic heterocycles. The lowest BCUT2D eigenvalue weighted by Crippen LogP contribution is -2.33. The number of aliphatic hydroxyl groups excluding tert-OH is 1. The van der Waals surface area contributed by atoms with Crippen LogP contribution in [0.1, 0.15) is 50.1 Å². The van der Waals surface area contributed by atoms with E-state index in [9.17, 15) is 9.90 Å². The second kappa shape index (κ2) is 6.81. The molecule has 1 aromatic rings. The fraction of sp³-hybridized carbons (Fsp3) is 0.615. The van der Waals surface area contributed by atoms with E-state index in [-0.39, 0.29) is 18.5 Å². The SMILES string of the molecule is CCCC(O)CNC(=O)c1cc(Cl)cn1C(C)C. The summed E-state index contributed by atoms with van der Waals surface area (Å²) in [6, 6.07) is 1.81. The normalized spacial score (nSPS) is 12.8. The van der Waals surface area contributed by atoms with Gasteiger partial charge in [0.1, 0.15) is 5.69 Å². The number of carbonyl (C=O) groups is 1. The highest BCUT2D eigenvalue weighted by atomic mass is 35.5. The second-order valence-electron chi connectivity index (χ2n) is 4.70. The number of hydrogen-bond donors (Lipinski definition) is 2. The van der Waals surface area contributed by atoms with Gasteiger partial charge >= 0.3 is 0 Å². The molecule has 1 rings (SSSR count). The quantitative estimate of drug-likeness (QED) is 0.836. The van der Waals surface area contributed by atoms with Crippen molar-refractivity contribution in [1.82, 2.24) is 9.88 Å². The molecule has 0 saturated heterocycles. The maximum atomic E-state index is 12.0. The topological polar surface area (TPSA) is 54.3 Å². The Hall–Kier alpha value is -1.00. The molecule has 0 fully saturated rings. The van der Waals surface area contributed by atoms with Crippen LogP contribution >= 0.6 is 11.6 Å².